The van der Waals surface area contributed by atoms with E-state index in [0.717, 1.165) is 9.38 Å². The van der Waals surface area contributed by atoms with Crippen LogP contribution in [0.5, 0.6) is 11.5 Å². The van der Waals surface area contributed by atoms with Gasteiger partial charge in [-0.2, -0.15) is 0 Å². The number of carboxylic acids is 1. The number of hydrazine groups is 1. The van der Waals surface area contributed by atoms with E-state index >= 15 is 0 Å². The van der Waals surface area contributed by atoms with E-state index in [4.69, 9.17) is 14.6 Å². The summed E-state index contributed by atoms with van der Waals surface area (Å²) in [5.41, 5.74) is 2.33. The molecule has 0 saturated carbocycles. The van der Waals surface area contributed by atoms with Gasteiger partial charge in [0.2, 0.25) is 0 Å². The van der Waals surface area contributed by atoms with Crippen LogP contribution in [0.4, 0.5) is 5.69 Å². The predicted octanol–water partition coefficient (Wildman–Crippen LogP) is 4.23. The number of thiol groups is 1. The Balaban J connectivity index is 1.47. The van der Waals surface area contributed by atoms with Gasteiger partial charge in [0.15, 0.2) is 0 Å². The maximum Gasteiger partial charge on any atom is 0.335 e. The fraction of sp³-hybridized carbons (Fsp3) is 0.125. The van der Waals surface area contributed by atoms with Crippen molar-refractivity contribution in [2.24, 2.45) is 0 Å². The molecule has 0 aliphatic carbocycles. The van der Waals surface area contributed by atoms with Gasteiger partial charge in [0.1, 0.15) is 18.1 Å². The molecule has 4 rings (SSSR count). The van der Waals surface area contributed by atoms with Gasteiger partial charge in [-0.1, -0.05) is 53.0 Å². The number of para-hydroxylation sites is 2. The molecule has 1 saturated heterocycles. The largest absolute Gasteiger partial charge is 0.495 e. The van der Waals surface area contributed by atoms with Crippen LogP contribution in [0, 0.1) is 0 Å². The van der Waals surface area contributed by atoms with E-state index in [-0.39, 0.29) is 23.6 Å². The van der Waals surface area contributed by atoms with E-state index in [1.807, 2.05) is 0 Å². The van der Waals surface area contributed by atoms with Crippen molar-refractivity contribution in [3.8, 4) is 11.5 Å². The highest BCUT2D eigenvalue weighted by molar-refractivity contribution is 8.02. The smallest absolute Gasteiger partial charge is 0.335 e. The van der Waals surface area contributed by atoms with Crippen LogP contribution in [-0.4, -0.2) is 37.0 Å². The summed E-state index contributed by atoms with van der Waals surface area (Å²) in [5, 5.41) is 10.5. The quantitative estimate of drug-likeness (QED) is 0.471. The predicted molar refractivity (Wildman–Crippen MR) is 132 cm³/mol. The van der Waals surface area contributed by atoms with E-state index in [1.54, 1.807) is 66.7 Å². The minimum absolute atomic E-state index is 0.108. The van der Waals surface area contributed by atoms with Gasteiger partial charge >= 0.3 is 5.97 Å². The summed E-state index contributed by atoms with van der Waals surface area (Å²) in [4.78, 5) is 11.1. The molecule has 1 aliphatic rings. The van der Waals surface area contributed by atoms with Crippen LogP contribution in [0.15, 0.2) is 77.7 Å². The molecule has 1 aliphatic heterocycles. The molecule has 10 heteroatoms. The van der Waals surface area contributed by atoms with Crippen molar-refractivity contribution in [3.05, 3.63) is 94.4 Å². The molecule has 176 valence electrons. The average Bonchev–Trinajstić information content (AvgIpc) is 3.07. The maximum absolute atomic E-state index is 12.9. The number of carbonyl (C=O) groups is 1. The summed E-state index contributed by atoms with van der Waals surface area (Å²) in [7, 11) is -2.27. The van der Waals surface area contributed by atoms with E-state index in [0.29, 0.717) is 22.7 Å². The van der Waals surface area contributed by atoms with Crippen LogP contribution in [-0.2, 0) is 16.6 Å². The van der Waals surface area contributed by atoms with Crippen molar-refractivity contribution in [1.82, 2.24) is 3.82 Å². The number of hydrogen-bond donors (Lipinski definition) is 2. The molecule has 0 spiro atoms. The van der Waals surface area contributed by atoms with Crippen molar-refractivity contribution in [3.63, 3.8) is 0 Å². The summed E-state index contributed by atoms with van der Waals surface area (Å²) >= 11 is 4.21. The second-order valence-corrected chi connectivity index (χ2v) is 9.90. The number of benzene rings is 3. The van der Waals surface area contributed by atoms with Crippen molar-refractivity contribution < 1.29 is 27.8 Å². The molecule has 0 radical (unpaired) electrons. The molecule has 0 aromatic heterocycles. The standard InChI is InChI=1S/C24H22N2O6S2/c1-31-23-5-3-2-4-22(23)25-15-21(34(29,30)26(25)33)14-17-8-12-20(13-9-17)32-16-18-6-10-19(11-7-18)24(27)28/h2-14,33H,15-16H2,1H3,(H,27,28)/b21-14-. The van der Waals surface area contributed by atoms with E-state index in [9.17, 15) is 13.2 Å². The minimum atomic E-state index is -3.80. The maximum atomic E-state index is 12.9. The van der Waals surface area contributed by atoms with E-state index in [2.05, 4.69) is 12.8 Å². The third kappa shape index (κ3) is 4.89. The number of rotatable bonds is 7. The number of anilines is 1. The first-order chi connectivity index (χ1) is 16.3. The second-order valence-electron chi connectivity index (χ2n) is 7.43. The van der Waals surface area contributed by atoms with Crippen LogP contribution in [0.25, 0.3) is 6.08 Å². The zero-order chi connectivity index (χ0) is 24.3. The molecular weight excluding hydrogens is 476 g/mol. The second kappa shape index (κ2) is 9.80. The number of hydrogen-bond acceptors (Lipinski definition) is 7. The number of nitrogens with zero attached hydrogens (tertiary/aromatic N) is 2. The lowest BCUT2D eigenvalue weighted by molar-refractivity contribution is 0.0697. The van der Waals surface area contributed by atoms with Crippen LogP contribution >= 0.6 is 12.8 Å². The van der Waals surface area contributed by atoms with E-state index in [1.165, 1.54) is 24.3 Å². The number of aromatic carboxylic acids is 1. The van der Waals surface area contributed by atoms with Crippen molar-refractivity contribution in [2.75, 3.05) is 18.7 Å². The number of ether oxygens (including phenoxy) is 2. The highest BCUT2D eigenvalue weighted by Gasteiger charge is 2.39. The van der Waals surface area contributed by atoms with Crippen molar-refractivity contribution in [2.45, 2.75) is 6.61 Å². The van der Waals surface area contributed by atoms with Gasteiger partial charge < -0.3 is 14.6 Å². The lowest BCUT2D eigenvalue weighted by atomic mass is 10.1. The third-order valence-corrected chi connectivity index (χ3v) is 7.63. The summed E-state index contributed by atoms with van der Waals surface area (Å²) in [6.45, 7) is 0.383. The lowest BCUT2D eigenvalue weighted by Crippen LogP contribution is -2.31. The Kier molecular flexibility index (Phi) is 6.82. The molecule has 3 aromatic rings. The Bertz CT molecular complexity index is 1320. The molecule has 0 bridgehead atoms. The molecule has 1 N–H and O–H groups in total. The molecule has 0 atom stereocenters. The first-order valence-electron chi connectivity index (χ1n) is 10.2. The van der Waals surface area contributed by atoms with E-state index < -0.39 is 16.0 Å². The topological polar surface area (TPSA) is 96.4 Å². The van der Waals surface area contributed by atoms with Gasteiger partial charge in [-0.3, -0.25) is 5.01 Å². The molecule has 8 nitrogen and oxygen atoms in total. The monoisotopic (exact) mass is 498 g/mol. The molecule has 0 unspecified atom stereocenters. The molecule has 34 heavy (non-hydrogen) atoms. The van der Waals surface area contributed by atoms with Crippen LogP contribution in [0.1, 0.15) is 21.5 Å². The molecule has 1 fully saturated rings. The highest BCUT2D eigenvalue weighted by Crippen LogP contribution is 2.38. The summed E-state index contributed by atoms with van der Waals surface area (Å²) < 4.78 is 37.8. The molecule has 0 amide bonds. The Labute approximate surface area is 203 Å². The number of methoxy groups -OCH3 is 1. The summed E-state index contributed by atoms with van der Waals surface area (Å²) in [6, 6.07) is 20.6. The summed E-state index contributed by atoms with van der Waals surface area (Å²) in [5.74, 6) is 0.163. The fourth-order valence-electron chi connectivity index (χ4n) is 3.42. The van der Waals surface area contributed by atoms with Gasteiger partial charge in [0, 0.05) is 0 Å². The van der Waals surface area contributed by atoms with Gasteiger partial charge in [0.25, 0.3) is 10.0 Å². The number of carboxylic acid groups (broad SMARTS) is 1. The van der Waals surface area contributed by atoms with Gasteiger partial charge in [0.05, 0.1) is 29.8 Å². The van der Waals surface area contributed by atoms with Gasteiger partial charge in [-0.05, 0) is 53.6 Å². The Morgan fingerprint density at radius 1 is 1.06 bits per heavy atom. The molecule has 3 aromatic carbocycles. The Morgan fingerprint density at radius 3 is 2.38 bits per heavy atom. The van der Waals surface area contributed by atoms with Gasteiger partial charge in [-0.15, -0.1) is 0 Å². The SMILES string of the molecule is COc1ccccc1N1C/C(=C/c2ccc(OCc3ccc(C(=O)O)cc3)cc2)S(=O)(=O)N1S. The van der Waals surface area contributed by atoms with Crippen molar-refractivity contribution >= 4 is 40.6 Å². The first-order valence-corrected chi connectivity index (χ1v) is 12.0. The third-order valence-electron chi connectivity index (χ3n) is 5.24. The van der Waals surface area contributed by atoms with Crippen LogP contribution in [0.3, 0.4) is 0 Å². The summed E-state index contributed by atoms with van der Waals surface area (Å²) in [6.07, 6.45) is 1.60. The normalized spacial score (nSPS) is 16.5. The van der Waals surface area contributed by atoms with Crippen LogP contribution < -0.4 is 14.5 Å². The van der Waals surface area contributed by atoms with Crippen LogP contribution in [0.2, 0.25) is 0 Å². The molecule has 1 heterocycles. The lowest BCUT2D eigenvalue weighted by Gasteiger charge is -2.23. The zero-order valence-electron chi connectivity index (χ0n) is 18.2. The average molecular weight is 499 g/mol. The Morgan fingerprint density at radius 2 is 1.74 bits per heavy atom. The minimum Gasteiger partial charge on any atom is -0.495 e. The van der Waals surface area contributed by atoms with Gasteiger partial charge in [-0.25, -0.2) is 13.2 Å². The first kappa shape index (κ1) is 23.7. The Hall–Kier alpha value is -3.47. The van der Waals surface area contributed by atoms with Crippen molar-refractivity contribution in [1.29, 1.82) is 0 Å². The fourth-order valence-corrected chi connectivity index (χ4v) is 5.08. The number of sulfonamides is 1. The zero-order valence-corrected chi connectivity index (χ0v) is 19.9. The highest BCUT2D eigenvalue weighted by atomic mass is 32.3. The molecular formula is C24H22N2O6S2.